The van der Waals surface area contributed by atoms with Gasteiger partial charge in [-0.25, -0.2) is 0 Å². The second-order valence-corrected chi connectivity index (χ2v) is 6.84. The molecule has 1 aliphatic heterocycles. The van der Waals surface area contributed by atoms with E-state index in [4.69, 9.17) is 4.74 Å². The number of amides is 1. The van der Waals surface area contributed by atoms with Gasteiger partial charge in [-0.15, -0.1) is 11.3 Å². The number of carbonyl (C=O) groups is 1. The smallest absolute Gasteiger partial charge is 0.264 e. The zero-order chi connectivity index (χ0) is 15.3. The third-order valence-corrected chi connectivity index (χ3v) is 5.53. The van der Waals surface area contributed by atoms with Crippen molar-refractivity contribution in [3.8, 4) is 0 Å². The molecule has 4 nitrogen and oxygen atoms in total. The molecule has 0 bridgehead atoms. The lowest BCUT2D eigenvalue weighted by Crippen LogP contribution is -2.40. The minimum Gasteiger partial charge on any atom is -0.378 e. The Morgan fingerprint density at radius 3 is 2.73 bits per heavy atom. The molecule has 4 rings (SSSR count). The predicted molar refractivity (Wildman–Crippen MR) is 89.8 cm³/mol. The summed E-state index contributed by atoms with van der Waals surface area (Å²) in [7, 11) is 2.07. The van der Waals surface area contributed by atoms with Gasteiger partial charge in [-0.3, -0.25) is 4.79 Å². The zero-order valence-corrected chi connectivity index (χ0v) is 13.6. The first-order chi connectivity index (χ1) is 10.6. The van der Waals surface area contributed by atoms with Crippen molar-refractivity contribution in [2.45, 2.75) is 6.92 Å². The van der Waals surface area contributed by atoms with E-state index in [0.29, 0.717) is 26.3 Å². The van der Waals surface area contributed by atoms with Crippen molar-refractivity contribution in [1.82, 2.24) is 9.47 Å². The molecule has 1 saturated heterocycles. The average Bonchev–Trinajstić information content (AvgIpc) is 3.08. The highest BCUT2D eigenvalue weighted by atomic mass is 32.1. The number of thiophene rings is 1. The van der Waals surface area contributed by atoms with Crippen LogP contribution in [0.15, 0.2) is 24.3 Å². The number of hydrogen-bond donors (Lipinski definition) is 0. The molecule has 1 fully saturated rings. The summed E-state index contributed by atoms with van der Waals surface area (Å²) in [6.07, 6.45) is 0. The number of aromatic nitrogens is 1. The maximum atomic E-state index is 12.7. The molecule has 0 unspecified atom stereocenters. The van der Waals surface area contributed by atoms with Crippen LogP contribution in [0.1, 0.15) is 15.2 Å². The van der Waals surface area contributed by atoms with E-state index in [1.165, 1.54) is 21.9 Å². The predicted octanol–water partition coefficient (Wildman–Crippen LogP) is 3.17. The summed E-state index contributed by atoms with van der Waals surface area (Å²) in [5.41, 5.74) is 2.46. The summed E-state index contributed by atoms with van der Waals surface area (Å²) in [4.78, 5) is 16.5. The Balaban J connectivity index is 1.82. The minimum atomic E-state index is 0.130. The molecule has 5 heteroatoms. The molecule has 22 heavy (non-hydrogen) atoms. The van der Waals surface area contributed by atoms with Gasteiger partial charge in [0.15, 0.2) is 0 Å². The van der Waals surface area contributed by atoms with Crippen LogP contribution in [0.4, 0.5) is 0 Å². The van der Waals surface area contributed by atoms with E-state index < -0.39 is 0 Å². The average molecular weight is 314 g/mol. The molecule has 2 aromatic heterocycles. The largest absolute Gasteiger partial charge is 0.378 e. The van der Waals surface area contributed by atoms with Gasteiger partial charge in [0, 0.05) is 36.4 Å². The Hall–Kier alpha value is -1.85. The molecule has 0 radical (unpaired) electrons. The van der Waals surface area contributed by atoms with Crippen LogP contribution < -0.4 is 0 Å². The van der Waals surface area contributed by atoms with E-state index >= 15 is 0 Å². The Bertz CT molecular complexity index is 872. The molecular weight excluding hydrogens is 296 g/mol. The Kier molecular flexibility index (Phi) is 3.20. The van der Waals surface area contributed by atoms with Crippen molar-refractivity contribution < 1.29 is 9.53 Å². The van der Waals surface area contributed by atoms with Gasteiger partial charge in [-0.05, 0) is 25.1 Å². The Morgan fingerprint density at radius 1 is 1.18 bits per heavy atom. The fourth-order valence-corrected chi connectivity index (χ4v) is 4.23. The minimum absolute atomic E-state index is 0.130. The number of benzene rings is 1. The highest BCUT2D eigenvalue weighted by Crippen LogP contribution is 2.35. The first kappa shape index (κ1) is 13.8. The van der Waals surface area contributed by atoms with Crippen LogP contribution in [0.5, 0.6) is 0 Å². The second-order valence-electron chi connectivity index (χ2n) is 5.81. The summed E-state index contributed by atoms with van der Waals surface area (Å²) in [5, 5.41) is 2.41. The first-order valence-corrected chi connectivity index (χ1v) is 8.32. The second kappa shape index (κ2) is 5.11. The highest BCUT2D eigenvalue weighted by molar-refractivity contribution is 7.20. The molecule has 3 aromatic rings. The molecule has 0 aliphatic carbocycles. The van der Waals surface area contributed by atoms with E-state index in [0.717, 1.165) is 9.71 Å². The van der Waals surface area contributed by atoms with Gasteiger partial charge >= 0.3 is 0 Å². The number of aryl methyl sites for hydroxylation is 2. The third kappa shape index (κ3) is 2.04. The molecule has 3 heterocycles. The van der Waals surface area contributed by atoms with Crippen molar-refractivity contribution in [1.29, 1.82) is 0 Å². The fraction of sp³-hybridized carbons (Fsp3) is 0.353. The maximum absolute atomic E-state index is 12.7. The number of morpholine rings is 1. The van der Waals surface area contributed by atoms with Crippen molar-refractivity contribution in [3.05, 3.63) is 34.7 Å². The van der Waals surface area contributed by atoms with E-state index in [9.17, 15) is 4.79 Å². The fourth-order valence-electron chi connectivity index (χ4n) is 3.12. The van der Waals surface area contributed by atoms with Crippen LogP contribution >= 0.6 is 11.3 Å². The van der Waals surface area contributed by atoms with E-state index in [-0.39, 0.29) is 5.91 Å². The molecule has 0 atom stereocenters. The summed E-state index contributed by atoms with van der Waals surface area (Å²) < 4.78 is 7.51. The molecule has 0 spiro atoms. The van der Waals surface area contributed by atoms with Crippen LogP contribution in [-0.2, 0) is 11.8 Å². The molecule has 0 saturated carbocycles. The maximum Gasteiger partial charge on any atom is 0.264 e. The number of carbonyl (C=O) groups excluding carboxylic acids is 1. The van der Waals surface area contributed by atoms with E-state index in [2.05, 4.69) is 42.8 Å². The number of hydrogen-bond acceptors (Lipinski definition) is 3. The number of fused-ring (bicyclic) bond motifs is 3. The molecule has 114 valence electrons. The quantitative estimate of drug-likeness (QED) is 0.691. The van der Waals surface area contributed by atoms with Crippen LogP contribution in [0.2, 0.25) is 0 Å². The summed E-state index contributed by atoms with van der Waals surface area (Å²) in [6, 6.07) is 8.54. The van der Waals surface area contributed by atoms with Gasteiger partial charge in [0.2, 0.25) is 0 Å². The van der Waals surface area contributed by atoms with Gasteiger partial charge < -0.3 is 14.2 Å². The van der Waals surface area contributed by atoms with E-state index in [1.807, 2.05) is 4.90 Å². The Labute approximate surface area is 132 Å². The molecule has 1 amide bonds. The normalized spacial score (nSPS) is 15.8. The van der Waals surface area contributed by atoms with Crippen molar-refractivity contribution in [2.75, 3.05) is 26.3 Å². The Morgan fingerprint density at radius 2 is 1.95 bits per heavy atom. The zero-order valence-electron chi connectivity index (χ0n) is 12.8. The standard InChI is InChI=1S/C17H18N2O2S/c1-11-3-4-14-12(9-11)13-10-15(22-17(13)18(14)2)16(20)19-5-7-21-8-6-19/h3-4,9-10H,5-8H2,1-2H3. The van der Waals surface area contributed by atoms with Crippen molar-refractivity contribution in [3.63, 3.8) is 0 Å². The van der Waals surface area contributed by atoms with Gasteiger partial charge in [0.25, 0.3) is 5.91 Å². The summed E-state index contributed by atoms with van der Waals surface area (Å²) in [6.45, 7) is 4.75. The lowest BCUT2D eigenvalue weighted by Gasteiger charge is -2.26. The van der Waals surface area contributed by atoms with Crippen LogP contribution in [0, 0.1) is 6.92 Å². The lowest BCUT2D eigenvalue weighted by molar-refractivity contribution is 0.0306. The van der Waals surface area contributed by atoms with Crippen LogP contribution in [-0.4, -0.2) is 41.7 Å². The number of ether oxygens (including phenoxy) is 1. The van der Waals surface area contributed by atoms with Gasteiger partial charge in [0.05, 0.1) is 18.1 Å². The molecule has 1 aliphatic rings. The van der Waals surface area contributed by atoms with Crippen molar-refractivity contribution in [2.24, 2.45) is 7.05 Å². The topological polar surface area (TPSA) is 34.5 Å². The van der Waals surface area contributed by atoms with Gasteiger partial charge in [0.1, 0.15) is 4.83 Å². The lowest BCUT2D eigenvalue weighted by atomic mass is 10.1. The van der Waals surface area contributed by atoms with Crippen molar-refractivity contribution >= 4 is 38.4 Å². The molecule has 1 aromatic carbocycles. The van der Waals surface area contributed by atoms with E-state index in [1.54, 1.807) is 11.3 Å². The first-order valence-electron chi connectivity index (χ1n) is 7.51. The molecular formula is C17H18N2O2S. The molecule has 0 N–H and O–H groups in total. The number of rotatable bonds is 1. The number of nitrogens with zero attached hydrogens (tertiary/aromatic N) is 2. The highest BCUT2D eigenvalue weighted by Gasteiger charge is 2.22. The van der Waals surface area contributed by atoms with Crippen LogP contribution in [0.25, 0.3) is 21.1 Å². The summed E-state index contributed by atoms with van der Waals surface area (Å²) in [5.74, 6) is 0.130. The van der Waals surface area contributed by atoms with Gasteiger partial charge in [-0.2, -0.15) is 0 Å². The van der Waals surface area contributed by atoms with Crippen LogP contribution in [0.3, 0.4) is 0 Å². The monoisotopic (exact) mass is 314 g/mol. The SMILES string of the molecule is Cc1ccc2c(c1)c1cc(C(=O)N3CCOCC3)sc1n2C. The third-order valence-electron chi connectivity index (χ3n) is 4.33. The summed E-state index contributed by atoms with van der Waals surface area (Å²) >= 11 is 1.59. The van der Waals surface area contributed by atoms with Gasteiger partial charge in [-0.1, -0.05) is 11.6 Å².